The first-order chi connectivity index (χ1) is 12.5. The normalized spacial score (nSPS) is 16.7. The van der Waals surface area contributed by atoms with Gasteiger partial charge in [0.05, 0.1) is 10.6 Å². The number of benzene rings is 2. The Balaban J connectivity index is 1.87. The molecule has 3 N–H and O–H groups in total. The molecule has 0 saturated carbocycles. The molecule has 8 heteroatoms. The predicted molar refractivity (Wildman–Crippen MR) is 106 cm³/mol. The average molecular weight is 432 g/mol. The van der Waals surface area contributed by atoms with Gasteiger partial charge < -0.3 is 15.8 Å². The van der Waals surface area contributed by atoms with Crippen molar-refractivity contribution in [3.63, 3.8) is 0 Å². The molecule has 26 heavy (non-hydrogen) atoms. The van der Waals surface area contributed by atoms with Crippen LogP contribution in [0.2, 0.25) is 0 Å². The summed E-state index contributed by atoms with van der Waals surface area (Å²) in [5.74, 6) is 0.464. The van der Waals surface area contributed by atoms with E-state index in [2.05, 4.69) is 26.2 Å². The van der Waals surface area contributed by atoms with Gasteiger partial charge in [0.25, 0.3) is 11.1 Å². The van der Waals surface area contributed by atoms with E-state index in [4.69, 9.17) is 10.5 Å². The highest BCUT2D eigenvalue weighted by Gasteiger charge is 2.23. The minimum atomic E-state index is -0.543. The van der Waals surface area contributed by atoms with Crippen LogP contribution in [-0.4, -0.2) is 23.6 Å². The van der Waals surface area contributed by atoms with Crippen LogP contribution in [0.25, 0.3) is 6.08 Å². The van der Waals surface area contributed by atoms with Crippen LogP contribution in [0, 0.1) is 0 Å². The third kappa shape index (κ3) is 4.96. The zero-order chi connectivity index (χ0) is 18.5. The lowest BCUT2D eigenvalue weighted by molar-refractivity contribution is -0.119. The second-order valence-corrected chi connectivity index (χ2v) is 7.22. The number of carbonyl (C=O) groups is 2. The Morgan fingerprint density at radius 2 is 2.08 bits per heavy atom. The second kappa shape index (κ2) is 8.20. The highest BCUT2D eigenvalue weighted by Crippen LogP contribution is 2.29. The monoisotopic (exact) mass is 431 g/mol. The molecule has 2 amide bonds. The average Bonchev–Trinajstić information content (AvgIpc) is 2.92. The number of carbonyl (C=O) groups excluding carboxylic acids is 2. The highest BCUT2D eigenvalue weighted by molar-refractivity contribution is 9.10. The number of amides is 2. The van der Waals surface area contributed by atoms with Crippen molar-refractivity contribution < 1.29 is 14.3 Å². The number of ether oxygens (including phenoxy) is 1. The van der Waals surface area contributed by atoms with Crippen LogP contribution in [0.4, 0.5) is 10.5 Å². The highest BCUT2D eigenvalue weighted by atomic mass is 79.9. The lowest BCUT2D eigenvalue weighted by Crippen LogP contribution is -2.20. The topological polar surface area (TPSA) is 93.8 Å². The van der Waals surface area contributed by atoms with Gasteiger partial charge in [-0.15, -0.1) is 0 Å². The van der Waals surface area contributed by atoms with E-state index in [1.165, 1.54) is 0 Å². The molecule has 0 aliphatic carbocycles. The molecule has 0 aromatic heterocycles. The van der Waals surface area contributed by atoms with Gasteiger partial charge in [0, 0.05) is 4.47 Å². The summed E-state index contributed by atoms with van der Waals surface area (Å²) in [5.41, 5.74) is 6.62. The Morgan fingerprint density at radius 3 is 2.85 bits per heavy atom. The Hall–Kier alpha value is -2.58. The van der Waals surface area contributed by atoms with E-state index in [1.54, 1.807) is 18.2 Å². The quantitative estimate of drug-likeness (QED) is 0.751. The standard InChI is InChI=1S/C18H14BrN3O3S/c19-12-4-2-5-13(9-12)21-17-15(26-18(24)22-17)8-11-3-1-6-14(7-11)25-10-16(20)23/h1-9H,10H2,(H2,20,23)(H,21,22,24). The maximum atomic E-state index is 11.8. The van der Waals surface area contributed by atoms with Crippen molar-refractivity contribution in [3.8, 4) is 5.75 Å². The number of hydrogen-bond donors (Lipinski definition) is 2. The SMILES string of the molecule is NC(=O)COc1cccc(C=C2SC(=O)NC2=Nc2cccc(Br)c2)c1. The van der Waals surface area contributed by atoms with Gasteiger partial charge in [-0.05, 0) is 53.7 Å². The number of aliphatic imine (C=N–C) groups is 1. The molecule has 1 heterocycles. The molecule has 1 fully saturated rings. The fourth-order valence-corrected chi connectivity index (χ4v) is 3.31. The van der Waals surface area contributed by atoms with Crippen molar-refractivity contribution in [2.45, 2.75) is 0 Å². The van der Waals surface area contributed by atoms with Crippen molar-refractivity contribution in [2.75, 3.05) is 6.61 Å². The number of nitrogens with zero attached hydrogens (tertiary/aromatic N) is 1. The maximum Gasteiger partial charge on any atom is 0.289 e. The van der Waals surface area contributed by atoms with E-state index in [9.17, 15) is 9.59 Å². The van der Waals surface area contributed by atoms with Gasteiger partial charge in [0.1, 0.15) is 11.6 Å². The number of nitrogens with one attached hydrogen (secondary N) is 1. The lowest BCUT2D eigenvalue weighted by atomic mass is 10.2. The third-order valence-electron chi connectivity index (χ3n) is 3.24. The molecule has 0 unspecified atom stereocenters. The molecule has 0 bridgehead atoms. The first-order valence-electron chi connectivity index (χ1n) is 7.56. The minimum Gasteiger partial charge on any atom is -0.484 e. The summed E-state index contributed by atoms with van der Waals surface area (Å²) < 4.78 is 6.20. The molecule has 2 aromatic rings. The van der Waals surface area contributed by atoms with Crippen molar-refractivity contribution in [2.24, 2.45) is 10.7 Å². The van der Waals surface area contributed by atoms with Gasteiger partial charge in [0.2, 0.25) is 0 Å². The molecule has 132 valence electrons. The van der Waals surface area contributed by atoms with E-state index >= 15 is 0 Å². The first-order valence-corrected chi connectivity index (χ1v) is 9.17. The molecule has 3 rings (SSSR count). The van der Waals surface area contributed by atoms with Crippen LogP contribution in [0.3, 0.4) is 0 Å². The van der Waals surface area contributed by atoms with Crippen molar-refractivity contribution in [3.05, 3.63) is 63.5 Å². The molecule has 0 radical (unpaired) electrons. The van der Waals surface area contributed by atoms with E-state index in [0.29, 0.717) is 16.5 Å². The van der Waals surface area contributed by atoms with Crippen molar-refractivity contribution in [1.29, 1.82) is 0 Å². The summed E-state index contributed by atoms with van der Waals surface area (Å²) in [5, 5.41) is 2.56. The molecule has 6 nitrogen and oxygen atoms in total. The first kappa shape index (κ1) is 18.2. The summed E-state index contributed by atoms with van der Waals surface area (Å²) in [4.78, 5) is 27.8. The summed E-state index contributed by atoms with van der Waals surface area (Å²) in [6.45, 7) is -0.190. The van der Waals surface area contributed by atoms with Crippen LogP contribution in [0.1, 0.15) is 5.56 Å². The number of hydrogen-bond acceptors (Lipinski definition) is 5. The number of amidine groups is 1. The Labute approximate surface area is 162 Å². The van der Waals surface area contributed by atoms with Gasteiger partial charge in [-0.25, -0.2) is 4.99 Å². The molecule has 1 saturated heterocycles. The van der Waals surface area contributed by atoms with E-state index in [-0.39, 0.29) is 11.8 Å². The Bertz CT molecular complexity index is 927. The summed E-state index contributed by atoms with van der Waals surface area (Å²) in [6, 6.07) is 14.6. The fourth-order valence-electron chi connectivity index (χ4n) is 2.19. The van der Waals surface area contributed by atoms with Gasteiger partial charge in [0.15, 0.2) is 6.61 Å². The second-order valence-electron chi connectivity index (χ2n) is 5.29. The zero-order valence-electron chi connectivity index (χ0n) is 13.4. The van der Waals surface area contributed by atoms with Gasteiger partial charge in [-0.1, -0.05) is 34.1 Å². The molecule has 2 aromatic carbocycles. The molecular weight excluding hydrogens is 418 g/mol. The summed E-state index contributed by atoms with van der Waals surface area (Å²) in [6.07, 6.45) is 1.83. The summed E-state index contributed by atoms with van der Waals surface area (Å²) >= 11 is 4.47. The lowest BCUT2D eigenvalue weighted by Gasteiger charge is -2.05. The molecule has 0 spiro atoms. The zero-order valence-corrected chi connectivity index (χ0v) is 15.8. The fraction of sp³-hybridized carbons (Fsp3) is 0.0556. The number of nitrogens with two attached hydrogens (primary N) is 1. The van der Waals surface area contributed by atoms with Crippen LogP contribution < -0.4 is 15.8 Å². The van der Waals surface area contributed by atoms with Crippen LogP contribution in [-0.2, 0) is 4.79 Å². The number of primary amides is 1. The van der Waals surface area contributed by atoms with Crippen LogP contribution in [0.15, 0.2) is 62.9 Å². The van der Waals surface area contributed by atoms with Gasteiger partial charge in [-0.2, -0.15) is 0 Å². The number of thioether (sulfide) groups is 1. The third-order valence-corrected chi connectivity index (χ3v) is 4.55. The van der Waals surface area contributed by atoms with Crippen molar-refractivity contribution >= 4 is 56.4 Å². The molecule has 1 aliphatic rings. The van der Waals surface area contributed by atoms with Crippen LogP contribution >= 0.6 is 27.7 Å². The molecular formula is C18H14BrN3O3S. The van der Waals surface area contributed by atoms with Gasteiger partial charge in [-0.3, -0.25) is 9.59 Å². The maximum absolute atomic E-state index is 11.8. The van der Waals surface area contributed by atoms with E-state index in [0.717, 1.165) is 27.5 Å². The largest absolute Gasteiger partial charge is 0.484 e. The smallest absolute Gasteiger partial charge is 0.289 e. The Morgan fingerprint density at radius 1 is 1.27 bits per heavy atom. The number of rotatable bonds is 5. The van der Waals surface area contributed by atoms with E-state index in [1.807, 2.05) is 36.4 Å². The molecule has 0 atom stereocenters. The summed E-state index contributed by atoms with van der Waals surface area (Å²) in [7, 11) is 0. The minimum absolute atomic E-state index is 0.189. The van der Waals surface area contributed by atoms with Crippen molar-refractivity contribution in [1.82, 2.24) is 5.32 Å². The van der Waals surface area contributed by atoms with Crippen LogP contribution in [0.5, 0.6) is 5.75 Å². The van der Waals surface area contributed by atoms with E-state index < -0.39 is 5.91 Å². The Kier molecular flexibility index (Phi) is 5.75. The number of halogens is 1. The molecule has 1 aliphatic heterocycles. The van der Waals surface area contributed by atoms with Gasteiger partial charge >= 0.3 is 0 Å². The predicted octanol–water partition coefficient (Wildman–Crippen LogP) is 3.84.